The quantitative estimate of drug-likeness (QED) is 0.329. The van der Waals surface area contributed by atoms with Crippen molar-refractivity contribution in [2.75, 3.05) is 39.6 Å². The average molecular weight is 515 g/mol. The van der Waals surface area contributed by atoms with Gasteiger partial charge < -0.3 is 24.1 Å². The third kappa shape index (κ3) is 4.93. The summed E-state index contributed by atoms with van der Waals surface area (Å²) in [6, 6.07) is 7.68. The molecule has 1 aliphatic heterocycles. The van der Waals surface area contributed by atoms with Crippen LogP contribution in [0.15, 0.2) is 41.7 Å². The Morgan fingerprint density at radius 1 is 1.06 bits per heavy atom. The van der Waals surface area contributed by atoms with E-state index in [1.54, 1.807) is 25.3 Å². The molecule has 0 amide bonds. The van der Waals surface area contributed by atoms with Gasteiger partial charge in [0, 0.05) is 29.8 Å². The molecule has 1 saturated heterocycles. The molecule has 0 atom stereocenters. The Labute approximate surface area is 208 Å². The molecule has 1 aliphatic rings. The van der Waals surface area contributed by atoms with Crippen molar-refractivity contribution in [2.45, 2.75) is 24.3 Å². The monoisotopic (exact) mass is 514 g/mol. The number of fused-ring (bicyclic) bond motifs is 2. The Morgan fingerprint density at radius 2 is 1.86 bits per heavy atom. The Kier molecular flexibility index (Phi) is 6.67. The lowest BCUT2D eigenvalue weighted by molar-refractivity contribution is 0.254. The molecule has 5 rings (SSSR count). The SMILES string of the molecule is COc1cc2c(Oc3ccc4[nH]c(S(C)(=O)=O)cc4c3F)ncnc2cc1OCCCN1CCCC1. The second kappa shape index (κ2) is 9.90. The van der Waals surface area contributed by atoms with Gasteiger partial charge in [0.2, 0.25) is 5.88 Å². The highest BCUT2D eigenvalue weighted by Crippen LogP contribution is 2.37. The molecule has 36 heavy (non-hydrogen) atoms. The Hall–Kier alpha value is -3.44. The molecule has 1 N–H and O–H groups in total. The molecule has 0 bridgehead atoms. The van der Waals surface area contributed by atoms with Crippen LogP contribution in [0.25, 0.3) is 21.8 Å². The first-order valence-corrected chi connectivity index (χ1v) is 13.6. The van der Waals surface area contributed by atoms with Crippen LogP contribution >= 0.6 is 0 Å². The van der Waals surface area contributed by atoms with Gasteiger partial charge in [0.05, 0.1) is 24.6 Å². The summed E-state index contributed by atoms with van der Waals surface area (Å²) in [5.41, 5.74) is 0.902. The number of benzene rings is 2. The van der Waals surface area contributed by atoms with Gasteiger partial charge in [0.15, 0.2) is 32.9 Å². The third-order valence-corrected chi connectivity index (χ3v) is 7.26. The number of sulfone groups is 1. The van der Waals surface area contributed by atoms with E-state index in [-0.39, 0.29) is 22.0 Å². The van der Waals surface area contributed by atoms with Crippen LogP contribution in [0.2, 0.25) is 0 Å². The summed E-state index contributed by atoms with van der Waals surface area (Å²) < 4.78 is 56.2. The standard InChI is InChI=1S/C25H27FN4O5S/c1-33-21-12-17-19(14-22(21)34-11-5-10-30-8-3-4-9-30)27-15-28-25(17)35-20-7-6-18-16(24(20)26)13-23(29-18)36(2,31)32/h6-7,12-15,29H,3-5,8-11H2,1-2H3. The zero-order valence-electron chi connectivity index (χ0n) is 20.1. The number of aromatic nitrogens is 3. The summed E-state index contributed by atoms with van der Waals surface area (Å²) in [7, 11) is -1.98. The van der Waals surface area contributed by atoms with Crippen LogP contribution in [-0.2, 0) is 9.84 Å². The first kappa shape index (κ1) is 24.3. The number of likely N-dealkylation sites (tertiary alicyclic amines) is 1. The number of H-pyrrole nitrogens is 1. The summed E-state index contributed by atoms with van der Waals surface area (Å²) in [6.07, 6.45) is 5.80. The highest BCUT2D eigenvalue weighted by atomic mass is 32.2. The Morgan fingerprint density at radius 3 is 2.61 bits per heavy atom. The maximum Gasteiger partial charge on any atom is 0.230 e. The van der Waals surface area contributed by atoms with Crippen molar-refractivity contribution in [2.24, 2.45) is 0 Å². The Bertz CT molecular complexity index is 1520. The Balaban J connectivity index is 1.40. The number of ether oxygens (including phenoxy) is 3. The fourth-order valence-electron chi connectivity index (χ4n) is 4.38. The molecule has 3 heterocycles. The van der Waals surface area contributed by atoms with Gasteiger partial charge in [-0.05, 0) is 56.6 Å². The van der Waals surface area contributed by atoms with Crippen molar-refractivity contribution in [3.05, 3.63) is 42.5 Å². The minimum absolute atomic E-state index is 0.0706. The van der Waals surface area contributed by atoms with Crippen LogP contribution in [-0.4, -0.2) is 67.9 Å². The van der Waals surface area contributed by atoms with Crippen LogP contribution in [0, 0.1) is 5.82 Å². The lowest BCUT2D eigenvalue weighted by Gasteiger charge is -2.16. The summed E-state index contributed by atoms with van der Waals surface area (Å²) in [5.74, 6) is 0.390. The van der Waals surface area contributed by atoms with E-state index in [0.29, 0.717) is 34.5 Å². The first-order chi connectivity index (χ1) is 17.3. The van der Waals surface area contributed by atoms with Gasteiger partial charge in [-0.3, -0.25) is 0 Å². The van der Waals surface area contributed by atoms with E-state index in [0.717, 1.165) is 32.3 Å². The lowest BCUT2D eigenvalue weighted by Crippen LogP contribution is -2.21. The topological polar surface area (TPSA) is 107 Å². The molecule has 0 aliphatic carbocycles. The van der Waals surface area contributed by atoms with Crippen LogP contribution in [0.3, 0.4) is 0 Å². The number of aromatic amines is 1. The second-order valence-electron chi connectivity index (χ2n) is 8.80. The van der Waals surface area contributed by atoms with Crippen molar-refractivity contribution in [3.63, 3.8) is 0 Å². The van der Waals surface area contributed by atoms with Crippen molar-refractivity contribution >= 4 is 31.6 Å². The van der Waals surface area contributed by atoms with Gasteiger partial charge >= 0.3 is 0 Å². The maximum absolute atomic E-state index is 15.2. The third-order valence-electron chi connectivity index (χ3n) is 6.24. The molecule has 2 aromatic carbocycles. The van der Waals surface area contributed by atoms with Gasteiger partial charge in [-0.1, -0.05) is 0 Å². The molecule has 0 unspecified atom stereocenters. The molecule has 4 aromatic rings. The highest BCUT2D eigenvalue weighted by Gasteiger charge is 2.19. The zero-order valence-corrected chi connectivity index (χ0v) is 20.9. The molecule has 0 saturated carbocycles. The van der Waals surface area contributed by atoms with E-state index in [4.69, 9.17) is 14.2 Å². The average Bonchev–Trinajstić information content (AvgIpc) is 3.53. The minimum atomic E-state index is -3.52. The number of methoxy groups -OCH3 is 1. The number of nitrogens with one attached hydrogen (secondary N) is 1. The van der Waals surface area contributed by atoms with Gasteiger partial charge in [0.25, 0.3) is 0 Å². The molecule has 190 valence electrons. The summed E-state index contributed by atoms with van der Waals surface area (Å²) >= 11 is 0. The number of rotatable bonds is 9. The number of hydrogen-bond donors (Lipinski definition) is 1. The van der Waals surface area contributed by atoms with Crippen LogP contribution < -0.4 is 14.2 Å². The smallest absolute Gasteiger partial charge is 0.230 e. The van der Waals surface area contributed by atoms with E-state index < -0.39 is 15.7 Å². The van der Waals surface area contributed by atoms with Gasteiger partial charge in [0.1, 0.15) is 11.4 Å². The number of hydrogen-bond acceptors (Lipinski definition) is 8. The van der Waals surface area contributed by atoms with E-state index in [9.17, 15) is 8.42 Å². The molecule has 1 fully saturated rings. The predicted octanol–water partition coefficient (Wildman–Crippen LogP) is 4.32. The molecule has 2 aromatic heterocycles. The van der Waals surface area contributed by atoms with E-state index in [2.05, 4.69) is 19.9 Å². The number of halogens is 1. The van der Waals surface area contributed by atoms with E-state index in [1.807, 2.05) is 0 Å². The van der Waals surface area contributed by atoms with Gasteiger partial charge in [-0.2, -0.15) is 0 Å². The summed E-state index contributed by atoms with van der Waals surface area (Å²) in [6.45, 7) is 3.84. The van der Waals surface area contributed by atoms with Crippen molar-refractivity contribution in [3.8, 4) is 23.1 Å². The minimum Gasteiger partial charge on any atom is -0.493 e. The van der Waals surface area contributed by atoms with Crippen molar-refractivity contribution in [1.29, 1.82) is 0 Å². The van der Waals surface area contributed by atoms with Gasteiger partial charge in [-0.15, -0.1) is 0 Å². The van der Waals surface area contributed by atoms with Crippen LogP contribution in [0.1, 0.15) is 19.3 Å². The summed E-state index contributed by atoms with van der Waals surface area (Å²) in [4.78, 5) is 13.6. The summed E-state index contributed by atoms with van der Waals surface area (Å²) in [5, 5.41) is 0.552. The van der Waals surface area contributed by atoms with E-state index in [1.165, 1.54) is 31.3 Å². The lowest BCUT2D eigenvalue weighted by atomic mass is 10.2. The molecule has 0 spiro atoms. The molecule has 11 heteroatoms. The molecular weight excluding hydrogens is 487 g/mol. The van der Waals surface area contributed by atoms with Crippen LogP contribution in [0.4, 0.5) is 4.39 Å². The normalized spacial score (nSPS) is 14.5. The first-order valence-electron chi connectivity index (χ1n) is 11.7. The fourth-order valence-corrected chi connectivity index (χ4v) is 5.00. The van der Waals surface area contributed by atoms with Crippen LogP contribution in [0.5, 0.6) is 23.1 Å². The number of nitrogens with zero attached hydrogens (tertiary/aromatic N) is 3. The fraction of sp³-hybridized carbons (Fsp3) is 0.360. The molecule has 9 nitrogen and oxygen atoms in total. The maximum atomic E-state index is 15.2. The molecular formula is C25H27FN4O5S. The van der Waals surface area contributed by atoms with Gasteiger partial charge in [-0.25, -0.2) is 22.8 Å². The van der Waals surface area contributed by atoms with E-state index >= 15 is 4.39 Å². The predicted molar refractivity (Wildman–Crippen MR) is 133 cm³/mol. The highest BCUT2D eigenvalue weighted by molar-refractivity contribution is 7.90. The second-order valence-corrected chi connectivity index (χ2v) is 10.8. The van der Waals surface area contributed by atoms with Crippen molar-refractivity contribution in [1.82, 2.24) is 19.9 Å². The molecule has 0 radical (unpaired) electrons. The van der Waals surface area contributed by atoms with Crippen molar-refractivity contribution < 1.29 is 27.0 Å². The zero-order chi connectivity index (χ0) is 25.3. The largest absolute Gasteiger partial charge is 0.493 e.